The first-order chi connectivity index (χ1) is 6.25. The van der Waals surface area contributed by atoms with Gasteiger partial charge in [-0.15, -0.1) is 0 Å². The van der Waals surface area contributed by atoms with Gasteiger partial charge in [-0.2, -0.15) is 0 Å². The number of aliphatic carboxylic acids is 1. The summed E-state index contributed by atoms with van der Waals surface area (Å²) >= 11 is 0. The highest BCUT2D eigenvalue weighted by Crippen LogP contribution is 2.03. The Labute approximate surface area is 77.7 Å². The molecule has 1 aliphatic rings. The second-order valence-electron chi connectivity index (χ2n) is 3.06. The number of carbonyl (C=O) groups is 1. The third-order valence-corrected chi connectivity index (χ3v) is 2.17. The van der Waals surface area contributed by atoms with Crippen LogP contribution in [0.5, 0.6) is 0 Å². The Bertz CT molecular complexity index is 169. The topological polar surface area (TPSA) is 61.8 Å². The number of hydrogen-bond donors (Lipinski definition) is 2. The van der Waals surface area contributed by atoms with Gasteiger partial charge in [0.1, 0.15) is 6.04 Å². The second kappa shape index (κ2) is 5.16. The fourth-order valence-corrected chi connectivity index (χ4v) is 1.46. The van der Waals surface area contributed by atoms with Crippen LogP contribution >= 0.6 is 0 Å². The summed E-state index contributed by atoms with van der Waals surface area (Å²) in [6.45, 7) is 3.16. The number of rotatable bonds is 4. The SMILES string of the molecule is CNCC(C(=O)O)N1CCOCC1. The van der Waals surface area contributed by atoms with Crippen molar-refractivity contribution in [3.8, 4) is 0 Å². The molecule has 0 aromatic heterocycles. The second-order valence-corrected chi connectivity index (χ2v) is 3.06. The van der Waals surface area contributed by atoms with Gasteiger partial charge in [0, 0.05) is 19.6 Å². The number of carboxylic acid groups (broad SMARTS) is 1. The average Bonchev–Trinajstić information content (AvgIpc) is 2.15. The number of nitrogens with zero attached hydrogens (tertiary/aromatic N) is 1. The summed E-state index contributed by atoms with van der Waals surface area (Å²) in [6, 6.07) is -0.422. The molecule has 1 atom stereocenters. The van der Waals surface area contributed by atoms with Gasteiger partial charge in [-0.05, 0) is 7.05 Å². The van der Waals surface area contributed by atoms with Crippen molar-refractivity contribution in [3.05, 3.63) is 0 Å². The monoisotopic (exact) mass is 188 g/mol. The molecule has 1 aliphatic heterocycles. The largest absolute Gasteiger partial charge is 0.480 e. The molecular weight excluding hydrogens is 172 g/mol. The molecule has 76 valence electrons. The van der Waals surface area contributed by atoms with E-state index >= 15 is 0 Å². The van der Waals surface area contributed by atoms with Crippen molar-refractivity contribution >= 4 is 5.97 Å². The van der Waals surface area contributed by atoms with Crippen LogP contribution in [0, 0.1) is 0 Å². The molecule has 0 bridgehead atoms. The summed E-state index contributed by atoms with van der Waals surface area (Å²) < 4.78 is 5.15. The van der Waals surface area contributed by atoms with Crippen LogP contribution in [-0.2, 0) is 9.53 Å². The lowest BCUT2D eigenvalue weighted by Gasteiger charge is -2.31. The Hall–Kier alpha value is -0.650. The van der Waals surface area contributed by atoms with E-state index in [4.69, 9.17) is 9.84 Å². The molecule has 0 spiro atoms. The molecule has 1 heterocycles. The van der Waals surface area contributed by atoms with Crippen molar-refractivity contribution in [2.75, 3.05) is 39.9 Å². The Balaban J connectivity index is 2.46. The number of morpholine rings is 1. The normalized spacial score (nSPS) is 21.3. The highest BCUT2D eigenvalue weighted by Gasteiger charge is 2.25. The van der Waals surface area contributed by atoms with Crippen LogP contribution < -0.4 is 5.32 Å². The molecule has 0 aromatic carbocycles. The Kier molecular flexibility index (Phi) is 4.14. The first kappa shape index (κ1) is 10.4. The number of likely N-dealkylation sites (N-methyl/N-ethyl adjacent to an activating group) is 1. The van der Waals surface area contributed by atoms with Crippen LogP contribution in [-0.4, -0.2) is 61.9 Å². The number of carboxylic acids is 1. The molecule has 2 N–H and O–H groups in total. The van der Waals surface area contributed by atoms with Gasteiger partial charge in [0.05, 0.1) is 13.2 Å². The highest BCUT2D eigenvalue weighted by molar-refractivity contribution is 5.73. The molecule has 1 unspecified atom stereocenters. The van der Waals surface area contributed by atoms with E-state index in [9.17, 15) is 4.79 Å². The van der Waals surface area contributed by atoms with Gasteiger partial charge in [0.15, 0.2) is 0 Å². The lowest BCUT2D eigenvalue weighted by atomic mass is 10.2. The Morgan fingerprint density at radius 2 is 2.23 bits per heavy atom. The van der Waals surface area contributed by atoms with Crippen molar-refractivity contribution in [2.45, 2.75) is 6.04 Å². The zero-order valence-corrected chi connectivity index (χ0v) is 7.82. The Morgan fingerprint density at radius 1 is 1.62 bits per heavy atom. The number of hydrogen-bond acceptors (Lipinski definition) is 4. The van der Waals surface area contributed by atoms with E-state index in [0.717, 1.165) is 0 Å². The van der Waals surface area contributed by atoms with Gasteiger partial charge < -0.3 is 15.2 Å². The van der Waals surface area contributed by atoms with E-state index in [1.807, 2.05) is 4.90 Å². The zero-order chi connectivity index (χ0) is 9.68. The fraction of sp³-hybridized carbons (Fsp3) is 0.875. The Morgan fingerprint density at radius 3 is 2.69 bits per heavy atom. The minimum atomic E-state index is -0.767. The van der Waals surface area contributed by atoms with Crippen LogP contribution in [0.25, 0.3) is 0 Å². The summed E-state index contributed by atoms with van der Waals surface area (Å²) in [5, 5.41) is 11.8. The molecule has 0 aromatic rings. The lowest BCUT2D eigenvalue weighted by Crippen LogP contribution is -2.51. The van der Waals surface area contributed by atoms with Crippen LogP contribution in [0.3, 0.4) is 0 Å². The summed E-state index contributed by atoms with van der Waals surface area (Å²) in [5.41, 5.74) is 0. The molecule has 0 amide bonds. The third-order valence-electron chi connectivity index (χ3n) is 2.17. The van der Waals surface area contributed by atoms with Gasteiger partial charge in [-0.1, -0.05) is 0 Å². The van der Waals surface area contributed by atoms with Crippen LogP contribution in [0.1, 0.15) is 0 Å². The molecule has 13 heavy (non-hydrogen) atoms. The summed E-state index contributed by atoms with van der Waals surface area (Å²) in [4.78, 5) is 12.8. The first-order valence-corrected chi connectivity index (χ1v) is 4.45. The van der Waals surface area contributed by atoms with Gasteiger partial charge >= 0.3 is 5.97 Å². The maximum atomic E-state index is 10.9. The standard InChI is InChI=1S/C8H16N2O3/c1-9-6-7(8(11)12)10-2-4-13-5-3-10/h7,9H,2-6H2,1H3,(H,11,12). The van der Waals surface area contributed by atoms with Crippen molar-refractivity contribution in [1.82, 2.24) is 10.2 Å². The molecular formula is C8H16N2O3. The van der Waals surface area contributed by atoms with E-state index in [0.29, 0.717) is 32.8 Å². The van der Waals surface area contributed by atoms with Crippen molar-refractivity contribution in [2.24, 2.45) is 0 Å². The molecule has 1 saturated heterocycles. The van der Waals surface area contributed by atoms with Crippen LogP contribution in [0.2, 0.25) is 0 Å². The molecule has 1 rings (SSSR count). The first-order valence-electron chi connectivity index (χ1n) is 4.45. The van der Waals surface area contributed by atoms with E-state index in [1.54, 1.807) is 7.05 Å². The van der Waals surface area contributed by atoms with Gasteiger partial charge in [0.2, 0.25) is 0 Å². The van der Waals surface area contributed by atoms with Crippen molar-refractivity contribution < 1.29 is 14.6 Å². The predicted octanol–water partition coefficient (Wildman–Crippen LogP) is -1.01. The van der Waals surface area contributed by atoms with Crippen LogP contribution in [0.15, 0.2) is 0 Å². The summed E-state index contributed by atoms with van der Waals surface area (Å²) in [7, 11) is 1.76. The van der Waals surface area contributed by atoms with Gasteiger partial charge in [-0.25, -0.2) is 0 Å². The quantitative estimate of drug-likeness (QED) is 0.592. The average molecular weight is 188 g/mol. The summed E-state index contributed by atoms with van der Waals surface area (Å²) in [5.74, 6) is -0.767. The molecule has 0 saturated carbocycles. The number of nitrogens with one attached hydrogen (secondary N) is 1. The third kappa shape index (κ3) is 2.95. The van der Waals surface area contributed by atoms with Crippen molar-refractivity contribution in [1.29, 1.82) is 0 Å². The molecule has 5 heteroatoms. The predicted molar refractivity (Wildman–Crippen MR) is 47.7 cm³/mol. The fourth-order valence-electron chi connectivity index (χ4n) is 1.46. The zero-order valence-electron chi connectivity index (χ0n) is 7.82. The number of ether oxygens (including phenoxy) is 1. The van der Waals surface area contributed by atoms with E-state index in [-0.39, 0.29) is 0 Å². The van der Waals surface area contributed by atoms with Crippen LogP contribution in [0.4, 0.5) is 0 Å². The van der Waals surface area contributed by atoms with Gasteiger partial charge in [0.25, 0.3) is 0 Å². The molecule has 1 fully saturated rings. The maximum absolute atomic E-state index is 10.9. The molecule has 5 nitrogen and oxygen atoms in total. The minimum absolute atomic E-state index is 0.422. The van der Waals surface area contributed by atoms with Crippen molar-refractivity contribution in [3.63, 3.8) is 0 Å². The highest BCUT2D eigenvalue weighted by atomic mass is 16.5. The smallest absolute Gasteiger partial charge is 0.322 e. The van der Waals surface area contributed by atoms with E-state index in [1.165, 1.54) is 0 Å². The molecule has 0 aliphatic carbocycles. The van der Waals surface area contributed by atoms with E-state index in [2.05, 4.69) is 5.32 Å². The minimum Gasteiger partial charge on any atom is -0.480 e. The lowest BCUT2D eigenvalue weighted by molar-refractivity contribution is -0.144. The molecule has 0 radical (unpaired) electrons. The maximum Gasteiger partial charge on any atom is 0.322 e. The van der Waals surface area contributed by atoms with Gasteiger partial charge in [-0.3, -0.25) is 9.69 Å². The van der Waals surface area contributed by atoms with E-state index < -0.39 is 12.0 Å². The summed E-state index contributed by atoms with van der Waals surface area (Å²) in [6.07, 6.45) is 0.